The van der Waals surface area contributed by atoms with Crippen LogP contribution in [0, 0.1) is 0 Å². The lowest BCUT2D eigenvalue weighted by molar-refractivity contribution is -0.136. The van der Waals surface area contributed by atoms with Crippen molar-refractivity contribution in [3.63, 3.8) is 0 Å². The van der Waals surface area contributed by atoms with Gasteiger partial charge in [0.15, 0.2) is 0 Å². The Hall–Kier alpha value is -2.60. The van der Waals surface area contributed by atoms with E-state index in [1.807, 2.05) is 49.1 Å². The average Bonchev–Trinajstić information content (AvgIpc) is 2.74. The van der Waals surface area contributed by atoms with Gasteiger partial charge in [-0.25, -0.2) is 9.78 Å². The molecule has 2 heterocycles. The number of carbonyl (C=O) groups excluding carboxylic acids is 2. The molecule has 0 spiro atoms. The van der Waals surface area contributed by atoms with Crippen molar-refractivity contribution in [2.75, 3.05) is 37.7 Å². The minimum atomic E-state index is -0.619. The van der Waals surface area contributed by atoms with Crippen molar-refractivity contribution >= 4 is 29.3 Å². The summed E-state index contributed by atoms with van der Waals surface area (Å²) in [6.45, 7) is 8.62. The number of rotatable bonds is 5. The first-order valence-electron chi connectivity index (χ1n) is 9.76. The van der Waals surface area contributed by atoms with Crippen molar-refractivity contribution in [3.8, 4) is 0 Å². The number of carbonyl (C=O) groups is 2. The molecule has 1 fully saturated rings. The van der Waals surface area contributed by atoms with Gasteiger partial charge in [-0.2, -0.15) is 0 Å². The van der Waals surface area contributed by atoms with Gasteiger partial charge in [0.05, 0.1) is 17.6 Å². The maximum atomic E-state index is 13.1. The Morgan fingerprint density at radius 3 is 2.28 bits per heavy atom. The van der Waals surface area contributed by atoms with Crippen LogP contribution in [0.25, 0.3) is 0 Å². The molecule has 3 rings (SSSR count). The van der Waals surface area contributed by atoms with Crippen molar-refractivity contribution in [1.82, 2.24) is 9.88 Å². The maximum absolute atomic E-state index is 13.1. The molecule has 2 aromatic rings. The van der Waals surface area contributed by atoms with Crippen LogP contribution in [-0.4, -0.2) is 54.5 Å². The molecule has 1 aliphatic rings. The van der Waals surface area contributed by atoms with Crippen LogP contribution in [-0.2, 0) is 14.9 Å². The first-order chi connectivity index (χ1) is 13.8. The lowest BCUT2D eigenvalue weighted by atomic mass is 9.83. The number of halogens is 1. The smallest absolute Gasteiger partial charge is 0.339 e. The van der Waals surface area contributed by atoms with Gasteiger partial charge in [-0.3, -0.25) is 4.79 Å². The summed E-state index contributed by atoms with van der Waals surface area (Å²) in [5.74, 6) is 0.526. The molecular weight excluding hydrogens is 390 g/mol. The maximum Gasteiger partial charge on any atom is 0.339 e. The van der Waals surface area contributed by atoms with E-state index >= 15 is 0 Å². The van der Waals surface area contributed by atoms with Gasteiger partial charge in [0.1, 0.15) is 5.82 Å². The number of hydrogen-bond acceptors (Lipinski definition) is 5. The van der Waals surface area contributed by atoms with Gasteiger partial charge in [0, 0.05) is 37.4 Å². The SMILES string of the molecule is CCOC(=O)c1ccc(N2CCN(C(=O)C(C)(C)c3ccc(Cl)cc3)CC2)nc1. The number of benzene rings is 1. The van der Waals surface area contributed by atoms with Crippen LogP contribution in [0.4, 0.5) is 5.82 Å². The van der Waals surface area contributed by atoms with Gasteiger partial charge in [-0.15, -0.1) is 0 Å². The van der Waals surface area contributed by atoms with Crippen LogP contribution in [0.2, 0.25) is 5.02 Å². The van der Waals surface area contributed by atoms with Crippen molar-refractivity contribution in [2.45, 2.75) is 26.2 Å². The minimum absolute atomic E-state index is 0.102. The van der Waals surface area contributed by atoms with Gasteiger partial charge in [-0.1, -0.05) is 23.7 Å². The summed E-state index contributed by atoms with van der Waals surface area (Å²) < 4.78 is 4.98. The van der Waals surface area contributed by atoms with Crippen LogP contribution in [0.5, 0.6) is 0 Å². The molecule has 1 aromatic carbocycles. The van der Waals surface area contributed by atoms with Gasteiger partial charge in [0.25, 0.3) is 0 Å². The fraction of sp³-hybridized carbons (Fsp3) is 0.409. The van der Waals surface area contributed by atoms with E-state index in [1.165, 1.54) is 6.20 Å². The van der Waals surface area contributed by atoms with Crippen molar-refractivity contribution in [3.05, 3.63) is 58.7 Å². The Morgan fingerprint density at radius 1 is 1.07 bits per heavy atom. The molecule has 0 aliphatic carbocycles. The fourth-order valence-electron chi connectivity index (χ4n) is 3.43. The third-order valence-electron chi connectivity index (χ3n) is 5.25. The van der Waals surface area contributed by atoms with E-state index in [9.17, 15) is 9.59 Å². The summed E-state index contributed by atoms with van der Waals surface area (Å²) in [7, 11) is 0. The topological polar surface area (TPSA) is 62.7 Å². The Balaban J connectivity index is 1.62. The number of hydrogen-bond donors (Lipinski definition) is 0. The molecule has 1 saturated heterocycles. The number of esters is 1. The quantitative estimate of drug-likeness (QED) is 0.699. The molecule has 0 saturated carbocycles. The second kappa shape index (κ2) is 8.82. The monoisotopic (exact) mass is 415 g/mol. The number of pyridine rings is 1. The molecule has 29 heavy (non-hydrogen) atoms. The number of nitrogens with zero attached hydrogens (tertiary/aromatic N) is 3. The average molecular weight is 416 g/mol. The van der Waals surface area contributed by atoms with Crippen LogP contribution in [0.3, 0.4) is 0 Å². The molecule has 0 N–H and O–H groups in total. The summed E-state index contributed by atoms with van der Waals surface area (Å²) in [5.41, 5.74) is 0.770. The van der Waals surface area contributed by atoms with E-state index in [1.54, 1.807) is 13.0 Å². The summed E-state index contributed by atoms with van der Waals surface area (Å²) in [4.78, 5) is 33.3. The van der Waals surface area contributed by atoms with Gasteiger partial charge in [-0.05, 0) is 50.6 Å². The molecule has 7 heteroatoms. The highest BCUT2D eigenvalue weighted by Gasteiger charge is 2.35. The Labute approximate surface area is 176 Å². The van der Waals surface area contributed by atoms with Crippen LogP contribution >= 0.6 is 11.6 Å². The highest BCUT2D eigenvalue weighted by molar-refractivity contribution is 6.30. The summed E-state index contributed by atoms with van der Waals surface area (Å²) in [6, 6.07) is 11.0. The second-order valence-corrected chi connectivity index (χ2v) is 7.97. The molecule has 0 atom stereocenters. The van der Waals surface area contributed by atoms with Crippen molar-refractivity contribution in [1.29, 1.82) is 0 Å². The number of piperazine rings is 1. The zero-order valence-corrected chi connectivity index (χ0v) is 17.8. The number of aromatic nitrogens is 1. The zero-order valence-electron chi connectivity index (χ0n) is 17.0. The second-order valence-electron chi connectivity index (χ2n) is 7.54. The van der Waals surface area contributed by atoms with Crippen molar-refractivity contribution in [2.24, 2.45) is 0 Å². The fourth-order valence-corrected chi connectivity index (χ4v) is 3.56. The summed E-state index contributed by atoms with van der Waals surface area (Å²) in [6.07, 6.45) is 1.54. The van der Waals surface area contributed by atoms with E-state index in [-0.39, 0.29) is 11.9 Å². The van der Waals surface area contributed by atoms with Gasteiger partial charge < -0.3 is 14.5 Å². The molecular formula is C22H26ClN3O3. The largest absolute Gasteiger partial charge is 0.462 e. The van der Waals surface area contributed by atoms with Crippen molar-refractivity contribution < 1.29 is 14.3 Å². The van der Waals surface area contributed by atoms with Crippen LogP contribution < -0.4 is 4.90 Å². The molecule has 1 aromatic heterocycles. The van der Waals surface area contributed by atoms with Crippen LogP contribution in [0.1, 0.15) is 36.7 Å². The number of anilines is 1. The lowest BCUT2D eigenvalue weighted by Gasteiger charge is -2.39. The Morgan fingerprint density at radius 2 is 1.72 bits per heavy atom. The molecule has 154 valence electrons. The molecule has 1 amide bonds. The Kier molecular flexibility index (Phi) is 6.42. The molecule has 6 nitrogen and oxygen atoms in total. The van der Waals surface area contributed by atoms with E-state index < -0.39 is 5.41 Å². The van der Waals surface area contributed by atoms with E-state index in [0.717, 1.165) is 11.4 Å². The molecule has 0 unspecified atom stereocenters. The zero-order chi connectivity index (χ0) is 21.0. The third kappa shape index (κ3) is 4.70. The predicted molar refractivity (Wildman–Crippen MR) is 113 cm³/mol. The minimum Gasteiger partial charge on any atom is -0.462 e. The number of ether oxygens (including phenoxy) is 1. The van der Waals surface area contributed by atoms with E-state index in [4.69, 9.17) is 16.3 Å². The Bertz CT molecular complexity index is 858. The molecule has 1 aliphatic heterocycles. The van der Waals surface area contributed by atoms with E-state index in [0.29, 0.717) is 43.4 Å². The molecule has 0 bridgehead atoms. The van der Waals surface area contributed by atoms with E-state index in [2.05, 4.69) is 9.88 Å². The molecule has 0 radical (unpaired) electrons. The first kappa shape index (κ1) is 21.1. The highest BCUT2D eigenvalue weighted by atomic mass is 35.5. The predicted octanol–water partition coefficient (Wildman–Crippen LogP) is 3.54. The van der Waals surface area contributed by atoms with Gasteiger partial charge >= 0.3 is 5.97 Å². The highest BCUT2D eigenvalue weighted by Crippen LogP contribution is 2.28. The first-order valence-corrected chi connectivity index (χ1v) is 10.1. The van der Waals surface area contributed by atoms with Gasteiger partial charge in [0.2, 0.25) is 5.91 Å². The van der Waals surface area contributed by atoms with Crippen LogP contribution in [0.15, 0.2) is 42.6 Å². The number of amides is 1. The standard InChI is InChI=1S/C22H26ClN3O3/c1-4-29-20(27)16-5-10-19(24-15-16)25-11-13-26(14-12-25)21(28)22(2,3)17-6-8-18(23)9-7-17/h5-10,15H,4,11-14H2,1-3H3. The lowest BCUT2D eigenvalue weighted by Crippen LogP contribution is -2.53. The summed E-state index contributed by atoms with van der Waals surface area (Å²) in [5, 5.41) is 0.659. The normalized spacial score (nSPS) is 14.6. The summed E-state index contributed by atoms with van der Waals surface area (Å²) >= 11 is 5.97. The third-order valence-corrected chi connectivity index (χ3v) is 5.50.